The molecule has 4 heterocycles. The highest BCUT2D eigenvalue weighted by Crippen LogP contribution is 2.33. The van der Waals surface area contributed by atoms with Gasteiger partial charge in [0.2, 0.25) is 18.3 Å². The fraction of sp³-hybridized carbons (Fsp3) is 0.486. The molecule has 53 heavy (non-hydrogen) atoms. The van der Waals surface area contributed by atoms with Crippen molar-refractivity contribution in [2.45, 2.75) is 68.7 Å². The normalized spacial score (nSPS) is 17.5. The Morgan fingerprint density at radius 3 is 2.49 bits per heavy atom. The van der Waals surface area contributed by atoms with Crippen LogP contribution < -0.4 is 16.0 Å². The van der Waals surface area contributed by atoms with E-state index in [1.807, 2.05) is 17.4 Å². The van der Waals surface area contributed by atoms with Gasteiger partial charge in [0.15, 0.2) is 5.82 Å². The van der Waals surface area contributed by atoms with Gasteiger partial charge >= 0.3 is 0 Å². The van der Waals surface area contributed by atoms with E-state index >= 15 is 0 Å². The van der Waals surface area contributed by atoms with Gasteiger partial charge in [0.25, 0.3) is 6.43 Å². The SMILES string of the molecule is CC(Cc1cc(S(=O)N2CCC(Nc3ncc(Cl)cn3)CC2)ccc1C(F)F)CN1CCC(c2ccc3c(NC(=O)CCNC=O)nn(C)c3c2)CC1. The lowest BCUT2D eigenvalue weighted by molar-refractivity contribution is -0.116. The number of piperidine rings is 2. The molecule has 2 atom stereocenters. The lowest BCUT2D eigenvalue weighted by Gasteiger charge is -2.34. The fourth-order valence-corrected chi connectivity index (χ4v) is 8.72. The van der Waals surface area contributed by atoms with Crippen LogP contribution in [0.1, 0.15) is 68.1 Å². The minimum absolute atomic E-state index is 0.00497. The van der Waals surface area contributed by atoms with Crippen LogP contribution in [0.15, 0.2) is 53.7 Å². The van der Waals surface area contributed by atoms with Crippen molar-refractivity contribution in [2.75, 3.05) is 49.9 Å². The highest BCUT2D eigenvalue weighted by Gasteiger charge is 2.27. The topological polar surface area (TPSA) is 137 Å². The maximum Gasteiger partial charge on any atom is 0.264 e. The maximum atomic E-state index is 14.2. The Bertz CT molecular complexity index is 1900. The summed E-state index contributed by atoms with van der Waals surface area (Å²) >= 11 is 5.89. The second kappa shape index (κ2) is 17.9. The number of hydrogen-bond acceptors (Lipinski definition) is 8. The van der Waals surface area contributed by atoms with Crippen molar-refractivity contribution in [3.8, 4) is 0 Å². The van der Waals surface area contributed by atoms with Gasteiger partial charge in [-0.2, -0.15) is 5.10 Å². The minimum atomic E-state index is -2.61. The maximum absolute atomic E-state index is 14.2. The van der Waals surface area contributed by atoms with Gasteiger partial charge in [0, 0.05) is 56.6 Å². The Balaban J connectivity index is 1.01. The quantitative estimate of drug-likeness (QED) is 0.104. The first kappa shape index (κ1) is 38.7. The number of nitrogens with zero attached hydrogens (tertiary/aromatic N) is 6. The highest BCUT2D eigenvalue weighted by atomic mass is 35.5. The van der Waals surface area contributed by atoms with Gasteiger partial charge in [0.1, 0.15) is 11.0 Å². The first-order chi connectivity index (χ1) is 25.6. The molecule has 0 radical (unpaired) electrons. The fourth-order valence-electron chi connectivity index (χ4n) is 7.35. The number of nitrogens with one attached hydrogen (secondary N) is 3. The number of benzene rings is 2. The number of rotatable bonds is 15. The molecule has 0 bridgehead atoms. The predicted octanol–water partition coefficient (Wildman–Crippen LogP) is 5.69. The molecule has 6 rings (SSSR count). The van der Waals surface area contributed by atoms with Crippen molar-refractivity contribution in [3.05, 3.63) is 70.5 Å². The smallest absolute Gasteiger partial charge is 0.264 e. The van der Waals surface area contributed by atoms with Gasteiger partial charge in [-0.3, -0.25) is 14.3 Å². The van der Waals surface area contributed by atoms with E-state index in [1.165, 1.54) is 11.6 Å². The van der Waals surface area contributed by atoms with Crippen LogP contribution in [0.5, 0.6) is 0 Å². The number of fused-ring (bicyclic) bond motifs is 1. The summed E-state index contributed by atoms with van der Waals surface area (Å²) in [5.41, 5.74) is 2.72. The van der Waals surface area contributed by atoms with Crippen molar-refractivity contribution in [1.29, 1.82) is 0 Å². The van der Waals surface area contributed by atoms with Crippen LogP contribution in [-0.2, 0) is 34.0 Å². The molecule has 2 aromatic carbocycles. The summed E-state index contributed by atoms with van der Waals surface area (Å²) in [6.07, 6.45) is 5.11. The lowest BCUT2D eigenvalue weighted by atomic mass is 9.88. The van der Waals surface area contributed by atoms with E-state index in [4.69, 9.17) is 11.6 Å². The standard InChI is InChI=1S/C37H46ClF2N9O3S/c1-24(22-48-13-8-25(9-14-48)26-3-5-32-33(19-26)47(2)46-36(32)45-34(51)7-12-41-23-50)17-27-18-30(4-6-31(27)35(39)40)53(52)49-15-10-29(11-16-49)44-37-42-20-28(38)21-43-37/h3-6,18-21,23-25,29,35H,7-17,22H2,1-2H3,(H,41,50)(H,42,43,44)(H,45,46,51). The zero-order valence-corrected chi connectivity index (χ0v) is 31.5. The number of anilines is 2. The molecule has 0 saturated carbocycles. The second-order valence-corrected chi connectivity index (χ2v) is 15.9. The number of alkyl halides is 2. The van der Waals surface area contributed by atoms with Gasteiger partial charge < -0.3 is 20.9 Å². The van der Waals surface area contributed by atoms with E-state index < -0.39 is 17.4 Å². The molecule has 12 nitrogen and oxygen atoms in total. The Kier molecular flexibility index (Phi) is 13.0. The Morgan fingerprint density at radius 2 is 1.79 bits per heavy atom. The molecule has 2 fully saturated rings. The summed E-state index contributed by atoms with van der Waals surface area (Å²) < 4.78 is 45.6. The number of carbonyl (C=O) groups is 2. The molecular weight excluding hydrogens is 724 g/mol. The molecule has 16 heteroatoms. The Hall–Kier alpha value is -4.05. The largest absolute Gasteiger partial charge is 0.358 e. The summed E-state index contributed by atoms with van der Waals surface area (Å²) in [4.78, 5) is 34.1. The Morgan fingerprint density at radius 1 is 1.06 bits per heavy atom. The monoisotopic (exact) mass is 769 g/mol. The minimum Gasteiger partial charge on any atom is -0.358 e. The van der Waals surface area contributed by atoms with E-state index in [2.05, 4.69) is 55.0 Å². The molecule has 0 aliphatic carbocycles. The van der Waals surface area contributed by atoms with Crippen LogP contribution in [0.3, 0.4) is 0 Å². The first-order valence-corrected chi connectivity index (χ1v) is 19.5. The van der Waals surface area contributed by atoms with Crippen molar-refractivity contribution in [1.82, 2.24) is 34.3 Å². The number of aromatic nitrogens is 4. The molecule has 284 valence electrons. The predicted molar refractivity (Wildman–Crippen MR) is 202 cm³/mol. The first-order valence-electron chi connectivity index (χ1n) is 18.1. The third kappa shape index (κ3) is 9.93. The number of aryl methyl sites for hydroxylation is 1. The highest BCUT2D eigenvalue weighted by molar-refractivity contribution is 7.82. The zero-order chi connectivity index (χ0) is 37.5. The van der Waals surface area contributed by atoms with Crippen molar-refractivity contribution in [3.63, 3.8) is 0 Å². The molecule has 2 aromatic heterocycles. The van der Waals surface area contributed by atoms with Crippen molar-refractivity contribution >= 4 is 57.6 Å². The summed E-state index contributed by atoms with van der Waals surface area (Å²) in [7, 11) is 0.396. The number of hydrogen-bond donors (Lipinski definition) is 3. The molecular formula is C37H46ClF2N9O3S. The second-order valence-electron chi connectivity index (χ2n) is 14.0. The van der Waals surface area contributed by atoms with Crippen LogP contribution in [0.2, 0.25) is 5.02 Å². The van der Waals surface area contributed by atoms with E-state index in [0.717, 1.165) is 56.2 Å². The third-order valence-electron chi connectivity index (χ3n) is 10.1. The number of amides is 2. The van der Waals surface area contributed by atoms with Gasteiger partial charge in [-0.05, 0) is 92.4 Å². The van der Waals surface area contributed by atoms with Crippen LogP contribution in [0.25, 0.3) is 10.9 Å². The summed E-state index contributed by atoms with van der Waals surface area (Å²) in [5, 5.41) is 14.5. The van der Waals surface area contributed by atoms with Crippen LogP contribution in [-0.4, -0.2) is 90.8 Å². The average Bonchev–Trinajstić information content (AvgIpc) is 3.46. The van der Waals surface area contributed by atoms with E-state index in [9.17, 15) is 22.6 Å². The molecule has 2 saturated heterocycles. The molecule has 0 spiro atoms. The number of halogens is 3. The summed E-state index contributed by atoms with van der Waals surface area (Å²) in [6.45, 7) is 6.12. The number of carbonyl (C=O) groups excluding carboxylic acids is 2. The molecule has 2 aliphatic rings. The zero-order valence-electron chi connectivity index (χ0n) is 29.9. The molecule has 2 aliphatic heterocycles. The van der Waals surface area contributed by atoms with Gasteiger partial charge in [0.05, 0.1) is 27.8 Å². The van der Waals surface area contributed by atoms with Gasteiger partial charge in [-0.25, -0.2) is 27.3 Å². The van der Waals surface area contributed by atoms with E-state index in [1.54, 1.807) is 29.2 Å². The van der Waals surface area contributed by atoms with Crippen LogP contribution in [0, 0.1) is 5.92 Å². The number of likely N-dealkylation sites (tertiary alicyclic amines) is 1. The average molecular weight is 770 g/mol. The third-order valence-corrected chi connectivity index (χ3v) is 11.8. The van der Waals surface area contributed by atoms with Crippen molar-refractivity contribution in [2.24, 2.45) is 13.0 Å². The molecule has 3 N–H and O–H groups in total. The van der Waals surface area contributed by atoms with Gasteiger partial charge in [-0.1, -0.05) is 30.7 Å². The lowest BCUT2D eigenvalue weighted by Crippen LogP contribution is -2.40. The van der Waals surface area contributed by atoms with E-state index in [0.29, 0.717) is 59.1 Å². The summed E-state index contributed by atoms with van der Waals surface area (Å²) in [6, 6.07) is 11.1. The van der Waals surface area contributed by atoms with Gasteiger partial charge in [-0.15, -0.1) is 0 Å². The Labute approximate surface area is 315 Å². The van der Waals surface area contributed by atoms with Crippen molar-refractivity contribution < 1.29 is 22.6 Å². The van der Waals surface area contributed by atoms with Crippen LogP contribution >= 0.6 is 11.6 Å². The van der Waals surface area contributed by atoms with Crippen LogP contribution in [0.4, 0.5) is 20.5 Å². The molecule has 2 unspecified atom stereocenters. The van der Waals surface area contributed by atoms with E-state index in [-0.39, 0.29) is 36.4 Å². The molecule has 4 aromatic rings. The summed E-state index contributed by atoms with van der Waals surface area (Å²) in [5.74, 6) is 1.28. The molecule has 2 amide bonds.